The molecule has 0 aliphatic carbocycles. The van der Waals surface area contributed by atoms with E-state index in [0.29, 0.717) is 32.6 Å². The molecule has 7 nitrogen and oxygen atoms in total. The molecular formula is C23H35F3N4O3. The molecule has 2 aliphatic rings. The highest BCUT2D eigenvalue weighted by atomic mass is 19.4. The summed E-state index contributed by atoms with van der Waals surface area (Å²) in [6.45, 7) is 10.2. The lowest BCUT2D eigenvalue weighted by Gasteiger charge is -2.51. The monoisotopic (exact) mass is 472 g/mol. The molecular weight excluding hydrogens is 437 g/mol. The van der Waals surface area contributed by atoms with E-state index in [2.05, 4.69) is 14.8 Å². The average Bonchev–Trinajstić information content (AvgIpc) is 2.76. The summed E-state index contributed by atoms with van der Waals surface area (Å²) in [6.07, 6.45) is -3.04. The maximum Gasteiger partial charge on any atom is 0.433 e. The fourth-order valence-corrected chi connectivity index (χ4v) is 4.77. The zero-order chi connectivity index (χ0) is 24.3. The maximum absolute atomic E-state index is 13.3. The first-order valence-corrected chi connectivity index (χ1v) is 11.6. The molecule has 1 aromatic heterocycles. The number of hydrogen-bond acceptors (Lipinski definition) is 6. The molecule has 2 fully saturated rings. The van der Waals surface area contributed by atoms with E-state index in [4.69, 9.17) is 4.74 Å². The molecule has 0 bridgehead atoms. The Kier molecular flexibility index (Phi) is 8.03. The zero-order valence-corrected chi connectivity index (χ0v) is 19.7. The average molecular weight is 473 g/mol. The largest absolute Gasteiger partial charge is 0.433 e. The van der Waals surface area contributed by atoms with Crippen molar-refractivity contribution in [3.05, 3.63) is 23.9 Å². The second kappa shape index (κ2) is 10.2. The normalized spacial score (nSPS) is 20.6. The van der Waals surface area contributed by atoms with Crippen LogP contribution in [0.5, 0.6) is 0 Å². The summed E-state index contributed by atoms with van der Waals surface area (Å²) in [6, 6.07) is 3.69. The molecule has 3 heterocycles. The van der Waals surface area contributed by atoms with Crippen LogP contribution in [0.3, 0.4) is 0 Å². The van der Waals surface area contributed by atoms with Gasteiger partial charge in [0.05, 0.1) is 5.60 Å². The van der Waals surface area contributed by atoms with Crippen molar-refractivity contribution in [3.8, 4) is 0 Å². The van der Waals surface area contributed by atoms with Crippen molar-refractivity contribution >= 4 is 11.7 Å². The second-order valence-electron chi connectivity index (χ2n) is 9.62. The summed E-state index contributed by atoms with van der Waals surface area (Å²) >= 11 is 0. The van der Waals surface area contributed by atoms with Gasteiger partial charge >= 0.3 is 6.18 Å². The first-order valence-electron chi connectivity index (χ1n) is 11.6. The highest BCUT2D eigenvalue weighted by molar-refractivity contribution is 5.92. The standard InChI is InChI=1S/C23H35F3N4O3/c1-4-20(31)30(19-7-5-6-18(27-19)23(24,25)26)17-22(8-14-33-15-9-22)29-12-10-28(11-13-29)16-21(2,3)32/h5-7,32H,4,8-17H2,1-3H3. The number of aliphatic hydroxyl groups is 1. The van der Waals surface area contributed by atoms with Crippen molar-refractivity contribution in [3.63, 3.8) is 0 Å². The van der Waals surface area contributed by atoms with Crippen LogP contribution < -0.4 is 4.90 Å². The molecule has 3 rings (SSSR count). The van der Waals surface area contributed by atoms with Gasteiger partial charge in [-0.05, 0) is 38.8 Å². The molecule has 1 N–H and O–H groups in total. The molecule has 186 valence electrons. The third kappa shape index (κ3) is 6.65. The van der Waals surface area contributed by atoms with Crippen LogP contribution in [0.1, 0.15) is 45.7 Å². The third-order valence-corrected chi connectivity index (χ3v) is 6.43. The fourth-order valence-electron chi connectivity index (χ4n) is 4.77. The minimum atomic E-state index is -4.58. The van der Waals surface area contributed by atoms with Gasteiger partial charge in [-0.15, -0.1) is 0 Å². The first kappa shape index (κ1) is 25.9. The molecule has 33 heavy (non-hydrogen) atoms. The van der Waals surface area contributed by atoms with Crippen LogP contribution in [0.25, 0.3) is 0 Å². The number of pyridine rings is 1. The second-order valence-corrected chi connectivity index (χ2v) is 9.62. The van der Waals surface area contributed by atoms with Crippen molar-refractivity contribution in [2.75, 3.05) is 57.4 Å². The van der Waals surface area contributed by atoms with Crippen LogP contribution in [0.15, 0.2) is 18.2 Å². The van der Waals surface area contributed by atoms with Gasteiger partial charge < -0.3 is 9.84 Å². The molecule has 0 saturated carbocycles. The van der Waals surface area contributed by atoms with Crippen molar-refractivity contribution in [1.82, 2.24) is 14.8 Å². The lowest BCUT2D eigenvalue weighted by molar-refractivity contribution is -0.141. The van der Waals surface area contributed by atoms with Gasteiger partial charge in [-0.25, -0.2) is 4.98 Å². The Hall–Kier alpha value is -1.75. The van der Waals surface area contributed by atoms with Gasteiger partial charge in [-0.2, -0.15) is 13.2 Å². The molecule has 0 atom stereocenters. The topological polar surface area (TPSA) is 69.1 Å². The van der Waals surface area contributed by atoms with E-state index in [9.17, 15) is 23.1 Å². The number of carbonyl (C=O) groups is 1. The Labute approximate surface area is 193 Å². The molecule has 2 saturated heterocycles. The number of amides is 1. The summed E-state index contributed by atoms with van der Waals surface area (Å²) in [5.74, 6) is -0.225. The number of halogens is 3. The van der Waals surface area contributed by atoms with Crippen molar-refractivity contribution < 1.29 is 27.8 Å². The van der Waals surface area contributed by atoms with Crippen LogP contribution in [-0.2, 0) is 15.7 Å². The zero-order valence-electron chi connectivity index (χ0n) is 19.7. The highest BCUT2D eigenvalue weighted by Gasteiger charge is 2.43. The van der Waals surface area contributed by atoms with Crippen molar-refractivity contribution in [2.24, 2.45) is 0 Å². The van der Waals surface area contributed by atoms with Gasteiger partial charge in [0.15, 0.2) is 0 Å². The van der Waals surface area contributed by atoms with Gasteiger partial charge in [0.1, 0.15) is 11.5 Å². The minimum Gasteiger partial charge on any atom is -0.389 e. The molecule has 0 unspecified atom stereocenters. The van der Waals surface area contributed by atoms with Crippen molar-refractivity contribution in [1.29, 1.82) is 0 Å². The SMILES string of the molecule is CCC(=O)N(CC1(N2CCN(CC(C)(C)O)CC2)CCOCC1)c1cccc(C(F)(F)F)n1. The van der Waals surface area contributed by atoms with Crippen LogP contribution in [0.2, 0.25) is 0 Å². The Morgan fingerprint density at radius 3 is 2.36 bits per heavy atom. The van der Waals surface area contributed by atoms with E-state index >= 15 is 0 Å². The van der Waals surface area contributed by atoms with E-state index in [1.807, 2.05) is 0 Å². The van der Waals surface area contributed by atoms with Gasteiger partial charge in [0, 0.05) is 64.4 Å². The van der Waals surface area contributed by atoms with Crippen LogP contribution >= 0.6 is 0 Å². The number of alkyl halides is 3. The number of carbonyl (C=O) groups excluding carboxylic acids is 1. The van der Waals surface area contributed by atoms with Crippen molar-refractivity contribution in [2.45, 2.75) is 57.3 Å². The Morgan fingerprint density at radius 1 is 1.18 bits per heavy atom. The first-order chi connectivity index (χ1) is 15.4. The smallest absolute Gasteiger partial charge is 0.389 e. The summed E-state index contributed by atoms with van der Waals surface area (Å²) in [5.41, 5.74) is -2.19. The minimum absolute atomic E-state index is 0.0307. The summed E-state index contributed by atoms with van der Waals surface area (Å²) in [4.78, 5) is 22.7. The molecule has 2 aliphatic heterocycles. The highest BCUT2D eigenvalue weighted by Crippen LogP contribution is 2.33. The van der Waals surface area contributed by atoms with Gasteiger partial charge in [0.25, 0.3) is 0 Å². The number of nitrogens with zero attached hydrogens (tertiary/aromatic N) is 4. The Balaban J connectivity index is 1.85. The Bertz CT molecular complexity index is 799. The number of β-amino-alcohol motifs (C(OH)–C–C–N with tert-alkyl or cyclic N) is 1. The van der Waals surface area contributed by atoms with Crippen LogP contribution in [0, 0.1) is 0 Å². The van der Waals surface area contributed by atoms with Gasteiger partial charge in [-0.3, -0.25) is 19.5 Å². The number of aromatic nitrogens is 1. The summed E-state index contributed by atoms with van der Waals surface area (Å²) in [7, 11) is 0. The predicted octanol–water partition coefficient (Wildman–Crippen LogP) is 2.78. The quantitative estimate of drug-likeness (QED) is 0.658. The van der Waals surface area contributed by atoms with E-state index in [0.717, 1.165) is 32.2 Å². The molecule has 1 aromatic rings. The molecule has 10 heteroatoms. The molecule has 1 amide bonds. The summed E-state index contributed by atoms with van der Waals surface area (Å²) < 4.78 is 45.4. The lowest BCUT2D eigenvalue weighted by Crippen LogP contribution is -2.64. The fraction of sp³-hybridized carbons (Fsp3) is 0.739. The lowest BCUT2D eigenvalue weighted by atomic mass is 9.86. The maximum atomic E-state index is 13.3. The van der Waals surface area contributed by atoms with E-state index in [1.54, 1.807) is 20.8 Å². The number of anilines is 1. The molecule has 0 spiro atoms. The Morgan fingerprint density at radius 2 is 1.82 bits per heavy atom. The number of piperazine rings is 1. The van der Waals surface area contributed by atoms with Gasteiger partial charge in [0.2, 0.25) is 5.91 Å². The van der Waals surface area contributed by atoms with E-state index < -0.39 is 23.0 Å². The molecule has 0 aromatic carbocycles. The van der Waals surface area contributed by atoms with E-state index in [-0.39, 0.29) is 24.7 Å². The summed E-state index contributed by atoms with van der Waals surface area (Å²) in [5, 5.41) is 10.1. The van der Waals surface area contributed by atoms with Gasteiger partial charge in [-0.1, -0.05) is 13.0 Å². The molecule has 0 radical (unpaired) electrons. The number of rotatable bonds is 7. The van der Waals surface area contributed by atoms with Crippen LogP contribution in [-0.4, -0.2) is 89.4 Å². The number of hydrogen-bond donors (Lipinski definition) is 1. The predicted molar refractivity (Wildman–Crippen MR) is 119 cm³/mol. The van der Waals surface area contributed by atoms with E-state index in [1.165, 1.54) is 17.0 Å². The number of ether oxygens (including phenoxy) is 1. The van der Waals surface area contributed by atoms with Crippen LogP contribution in [0.4, 0.5) is 19.0 Å². The third-order valence-electron chi connectivity index (χ3n) is 6.43.